The number of hydrogen-bond acceptors (Lipinski definition) is 8. The van der Waals surface area contributed by atoms with E-state index < -0.39 is 54.9 Å². The minimum absolute atomic E-state index is 0.152. The molecule has 1 rings (SSSR count). The predicted molar refractivity (Wildman–Crippen MR) is 207 cm³/mol. The number of ether oxygens (including phenoxy) is 1. The maximum Gasteiger partial charge on any atom is 0.117 e. The van der Waals surface area contributed by atoms with Crippen LogP contribution in [0.1, 0.15) is 200 Å². The van der Waals surface area contributed by atoms with E-state index in [9.17, 15) is 30.6 Å². The smallest absolute Gasteiger partial charge is 0.117 e. The van der Waals surface area contributed by atoms with Gasteiger partial charge in [0.05, 0.1) is 18.8 Å². The van der Waals surface area contributed by atoms with Crippen molar-refractivity contribution in [3.63, 3.8) is 0 Å². The van der Waals surface area contributed by atoms with Gasteiger partial charge in [-0.25, -0.2) is 0 Å². The third-order valence-corrected chi connectivity index (χ3v) is 11.1. The van der Waals surface area contributed by atoms with Gasteiger partial charge in [-0.05, 0) is 19.3 Å². The summed E-state index contributed by atoms with van der Waals surface area (Å²) in [6, 6.07) is -1.20. The quantitative estimate of drug-likeness (QED) is 0.0260. The Bertz CT molecular complexity index is 783. The molecule has 0 aromatic rings. The molecule has 2 unspecified atom stereocenters. The Kier molecular flexibility index (Phi) is 29.3. The molecular formula is C42H83NO7. The van der Waals surface area contributed by atoms with E-state index in [1.165, 1.54) is 135 Å². The number of aliphatic hydroxyl groups excluding tert-OH is 5. The first-order chi connectivity index (χ1) is 24.2. The van der Waals surface area contributed by atoms with Crippen molar-refractivity contribution >= 4 is 0 Å². The number of nitrogens with two attached hydrogens (primary N) is 1. The first kappa shape index (κ1) is 47.4. The SMILES string of the molecule is CCCCCCCCCCCCC/C=C/[C@@H](O)[C@@H](N)C(O)(CCCCCCCCCCCCCCCCCC)C1O[C@H](CO)[C@@H](O)[C@H](O)[C@H]1O. The molecule has 0 amide bonds. The topological polar surface area (TPSA) is 157 Å². The van der Waals surface area contributed by atoms with Gasteiger partial charge in [-0.3, -0.25) is 0 Å². The van der Waals surface area contributed by atoms with Crippen molar-refractivity contribution in [1.29, 1.82) is 0 Å². The van der Waals surface area contributed by atoms with Crippen molar-refractivity contribution < 1.29 is 35.4 Å². The number of aliphatic hydroxyl groups is 6. The summed E-state index contributed by atoms with van der Waals surface area (Å²) in [4.78, 5) is 0. The standard InChI is InChI=1S/C42H83NO7/c1-3-5-7-9-11-13-15-17-18-19-21-23-25-27-29-31-33-42(49,41-39(48)38(47)37(46)36(34-44)50-41)40(43)35(45)32-30-28-26-24-22-20-16-14-12-10-8-6-4-2/h30,32,35-41,44-49H,3-29,31,33-34,43H2,1-2H3/b32-30+/t35-,36-,37-,38+,39-,40-,41?,42?/m1/s1. The van der Waals surface area contributed by atoms with Crippen molar-refractivity contribution in [1.82, 2.24) is 0 Å². The van der Waals surface area contributed by atoms with E-state index in [2.05, 4.69) is 13.8 Å². The molecule has 8 N–H and O–H groups in total. The third-order valence-electron chi connectivity index (χ3n) is 11.1. The van der Waals surface area contributed by atoms with Gasteiger partial charge in [0.15, 0.2) is 0 Å². The Morgan fingerprint density at radius 3 is 1.36 bits per heavy atom. The summed E-state index contributed by atoms with van der Waals surface area (Å²) in [5.74, 6) is 0. The van der Waals surface area contributed by atoms with Crippen LogP contribution in [0.4, 0.5) is 0 Å². The zero-order valence-electron chi connectivity index (χ0n) is 32.6. The van der Waals surface area contributed by atoms with Crippen LogP contribution in [0.5, 0.6) is 0 Å². The lowest BCUT2D eigenvalue weighted by molar-refractivity contribution is -0.277. The lowest BCUT2D eigenvalue weighted by Gasteiger charge is -2.49. The molecule has 1 aliphatic heterocycles. The second-order valence-electron chi connectivity index (χ2n) is 15.6. The Labute approximate surface area is 307 Å². The molecule has 0 aliphatic carbocycles. The van der Waals surface area contributed by atoms with Crippen molar-refractivity contribution in [3.05, 3.63) is 12.2 Å². The predicted octanol–water partition coefficient (Wildman–Crippen LogP) is 8.16. The number of allylic oxidation sites excluding steroid dienone is 1. The molecule has 1 saturated heterocycles. The molecule has 298 valence electrons. The summed E-state index contributed by atoms with van der Waals surface area (Å²) in [5, 5.41) is 64.5. The van der Waals surface area contributed by atoms with Gasteiger partial charge < -0.3 is 41.1 Å². The van der Waals surface area contributed by atoms with Crippen molar-refractivity contribution in [3.8, 4) is 0 Å². The summed E-state index contributed by atoms with van der Waals surface area (Å²) >= 11 is 0. The Morgan fingerprint density at radius 2 is 0.960 bits per heavy atom. The van der Waals surface area contributed by atoms with Crippen LogP contribution in [0.25, 0.3) is 0 Å². The summed E-state index contributed by atoms with van der Waals surface area (Å²) in [6.07, 6.45) is 29.4. The van der Waals surface area contributed by atoms with Gasteiger partial charge >= 0.3 is 0 Å². The first-order valence-corrected chi connectivity index (χ1v) is 21.4. The Hall–Kier alpha value is -0.580. The fourth-order valence-corrected chi connectivity index (χ4v) is 7.55. The first-order valence-electron chi connectivity index (χ1n) is 21.4. The van der Waals surface area contributed by atoms with Gasteiger partial charge in [-0.1, -0.05) is 193 Å². The molecule has 8 nitrogen and oxygen atoms in total. The Morgan fingerprint density at radius 1 is 0.580 bits per heavy atom. The van der Waals surface area contributed by atoms with Crippen molar-refractivity contribution in [2.24, 2.45) is 5.73 Å². The molecule has 0 bridgehead atoms. The fourth-order valence-electron chi connectivity index (χ4n) is 7.55. The lowest BCUT2D eigenvalue weighted by Crippen LogP contribution is -2.70. The monoisotopic (exact) mass is 714 g/mol. The molecule has 50 heavy (non-hydrogen) atoms. The molecule has 1 aliphatic rings. The molecule has 1 heterocycles. The van der Waals surface area contributed by atoms with Crippen LogP contribution in [0.15, 0.2) is 12.2 Å². The van der Waals surface area contributed by atoms with Crippen LogP contribution in [0.3, 0.4) is 0 Å². The van der Waals surface area contributed by atoms with E-state index in [4.69, 9.17) is 10.5 Å². The van der Waals surface area contributed by atoms with Gasteiger partial charge in [0, 0.05) is 0 Å². The normalized spacial score (nSPS) is 23.7. The molecule has 8 heteroatoms. The van der Waals surface area contributed by atoms with E-state index in [0.717, 1.165) is 38.5 Å². The zero-order valence-corrected chi connectivity index (χ0v) is 32.6. The van der Waals surface area contributed by atoms with Crippen LogP contribution in [0.2, 0.25) is 0 Å². The van der Waals surface area contributed by atoms with Crippen molar-refractivity contribution in [2.75, 3.05) is 6.61 Å². The fraction of sp³-hybridized carbons (Fsp3) is 0.952. The zero-order chi connectivity index (χ0) is 36.9. The minimum Gasteiger partial charge on any atom is -0.394 e. The molecule has 0 radical (unpaired) electrons. The molecule has 8 atom stereocenters. The number of hydrogen-bond donors (Lipinski definition) is 7. The summed E-state index contributed by atoms with van der Waals surface area (Å²) < 4.78 is 5.79. The maximum atomic E-state index is 12.0. The van der Waals surface area contributed by atoms with E-state index in [1.54, 1.807) is 6.08 Å². The molecular weight excluding hydrogens is 630 g/mol. The van der Waals surface area contributed by atoms with Gasteiger partial charge in [0.25, 0.3) is 0 Å². The molecule has 0 aromatic carbocycles. The summed E-state index contributed by atoms with van der Waals surface area (Å²) in [7, 11) is 0. The minimum atomic E-state index is -1.88. The second kappa shape index (κ2) is 30.8. The van der Waals surface area contributed by atoms with E-state index >= 15 is 0 Å². The average Bonchev–Trinajstić information content (AvgIpc) is 3.11. The van der Waals surface area contributed by atoms with Gasteiger partial charge in [0.2, 0.25) is 0 Å². The third kappa shape index (κ3) is 20.0. The highest BCUT2D eigenvalue weighted by atomic mass is 16.6. The summed E-state index contributed by atoms with van der Waals surface area (Å²) in [5.41, 5.74) is 4.64. The molecule has 0 saturated carbocycles. The van der Waals surface area contributed by atoms with Crippen molar-refractivity contribution in [2.45, 2.75) is 248 Å². The lowest BCUT2D eigenvalue weighted by atomic mass is 9.75. The molecule has 0 aromatic heterocycles. The van der Waals surface area contributed by atoms with Crippen LogP contribution in [-0.2, 0) is 4.74 Å². The highest BCUT2D eigenvalue weighted by Crippen LogP contribution is 2.35. The highest BCUT2D eigenvalue weighted by Gasteiger charge is 2.55. The second-order valence-corrected chi connectivity index (χ2v) is 15.6. The number of rotatable bonds is 34. The maximum absolute atomic E-state index is 12.0. The van der Waals surface area contributed by atoms with Crippen LogP contribution in [-0.4, -0.2) is 85.5 Å². The van der Waals surface area contributed by atoms with E-state index in [1.807, 2.05) is 6.08 Å². The van der Waals surface area contributed by atoms with Gasteiger partial charge in [-0.15, -0.1) is 0 Å². The molecule has 0 spiro atoms. The van der Waals surface area contributed by atoms with Crippen LogP contribution in [0, 0.1) is 0 Å². The largest absolute Gasteiger partial charge is 0.394 e. The van der Waals surface area contributed by atoms with Gasteiger partial charge in [-0.2, -0.15) is 0 Å². The Balaban J connectivity index is 2.49. The number of unbranched alkanes of at least 4 members (excludes halogenated alkanes) is 26. The van der Waals surface area contributed by atoms with Crippen LogP contribution >= 0.6 is 0 Å². The van der Waals surface area contributed by atoms with Crippen LogP contribution < -0.4 is 5.73 Å². The van der Waals surface area contributed by atoms with E-state index in [0.29, 0.717) is 6.42 Å². The van der Waals surface area contributed by atoms with E-state index in [-0.39, 0.29) is 6.42 Å². The van der Waals surface area contributed by atoms with Gasteiger partial charge in [0.1, 0.15) is 36.1 Å². The molecule has 1 fully saturated rings. The highest BCUT2D eigenvalue weighted by molar-refractivity contribution is 5.10. The average molecular weight is 714 g/mol. The summed E-state index contributed by atoms with van der Waals surface area (Å²) in [6.45, 7) is 3.92.